The third-order valence-corrected chi connectivity index (χ3v) is 4.75. The zero-order valence-electron chi connectivity index (χ0n) is 10.1. The van der Waals surface area contributed by atoms with Crippen molar-refractivity contribution in [2.75, 3.05) is 13.1 Å². The van der Waals surface area contributed by atoms with Crippen LogP contribution in [0.15, 0.2) is 17.3 Å². The molecule has 0 spiro atoms. The molecule has 2 heterocycles. The number of nitrogens with zero attached hydrogens (tertiary/aromatic N) is 3. The third kappa shape index (κ3) is 3.11. The monoisotopic (exact) mass is 289 g/mol. The van der Waals surface area contributed by atoms with Crippen molar-refractivity contribution in [1.29, 1.82) is 0 Å². The SMILES string of the molecule is O=C(O)CCn1cc(S(=O)(=O)N2CC[C@@H](O)C2)cn1. The van der Waals surface area contributed by atoms with E-state index in [-0.39, 0.29) is 31.0 Å². The maximum atomic E-state index is 12.2. The smallest absolute Gasteiger partial charge is 0.305 e. The molecule has 0 bridgehead atoms. The summed E-state index contributed by atoms with van der Waals surface area (Å²) in [7, 11) is -3.65. The van der Waals surface area contributed by atoms with Gasteiger partial charge in [-0.15, -0.1) is 0 Å². The van der Waals surface area contributed by atoms with Crippen molar-refractivity contribution in [2.45, 2.75) is 30.4 Å². The Labute approximate surface area is 110 Å². The van der Waals surface area contributed by atoms with Crippen LogP contribution >= 0.6 is 0 Å². The van der Waals surface area contributed by atoms with Gasteiger partial charge in [-0.1, -0.05) is 0 Å². The predicted molar refractivity (Wildman–Crippen MR) is 63.9 cm³/mol. The van der Waals surface area contributed by atoms with Gasteiger partial charge in [0.25, 0.3) is 0 Å². The molecule has 0 unspecified atom stereocenters. The van der Waals surface area contributed by atoms with Crippen molar-refractivity contribution < 1.29 is 23.4 Å². The van der Waals surface area contributed by atoms with Crippen molar-refractivity contribution in [3.8, 4) is 0 Å². The quantitative estimate of drug-likeness (QED) is 0.727. The Hall–Kier alpha value is -1.45. The van der Waals surface area contributed by atoms with Crippen molar-refractivity contribution >= 4 is 16.0 Å². The van der Waals surface area contributed by atoms with Crippen molar-refractivity contribution in [1.82, 2.24) is 14.1 Å². The number of hydrogen-bond acceptors (Lipinski definition) is 5. The molecule has 0 amide bonds. The number of β-amino-alcohol motifs (C(OH)–C–C–N with tert-alkyl or cyclic N) is 1. The highest BCUT2D eigenvalue weighted by Gasteiger charge is 2.32. The summed E-state index contributed by atoms with van der Waals surface area (Å²) in [6.45, 7) is 0.486. The van der Waals surface area contributed by atoms with Crippen molar-refractivity contribution in [2.24, 2.45) is 0 Å². The van der Waals surface area contributed by atoms with Gasteiger partial charge in [0.1, 0.15) is 4.90 Å². The van der Waals surface area contributed by atoms with Crippen LogP contribution < -0.4 is 0 Å². The summed E-state index contributed by atoms with van der Waals surface area (Å²) in [5.41, 5.74) is 0. The van der Waals surface area contributed by atoms with Gasteiger partial charge in [0.05, 0.1) is 25.3 Å². The van der Waals surface area contributed by atoms with Crippen molar-refractivity contribution in [3.05, 3.63) is 12.4 Å². The molecular formula is C10H15N3O5S. The summed E-state index contributed by atoms with van der Waals surface area (Å²) >= 11 is 0. The summed E-state index contributed by atoms with van der Waals surface area (Å²) in [5, 5.41) is 21.7. The number of carboxylic acids is 1. The van der Waals surface area contributed by atoms with Gasteiger partial charge in [0, 0.05) is 19.3 Å². The molecule has 1 aromatic rings. The third-order valence-electron chi connectivity index (χ3n) is 2.93. The molecular weight excluding hydrogens is 274 g/mol. The lowest BCUT2D eigenvalue weighted by molar-refractivity contribution is -0.137. The number of carboxylic acid groups (broad SMARTS) is 1. The molecule has 0 saturated carbocycles. The molecule has 1 aliphatic heterocycles. The molecule has 1 aliphatic rings. The number of aryl methyl sites for hydroxylation is 1. The van der Waals surface area contributed by atoms with Gasteiger partial charge >= 0.3 is 5.97 Å². The first kappa shape index (κ1) is 14.0. The number of hydrogen-bond donors (Lipinski definition) is 2. The Morgan fingerprint density at radius 3 is 2.84 bits per heavy atom. The van der Waals surface area contributed by atoms with E-state index in [9.17, 15) is 18.3 Å². The van der Waals surface area contributed by atoms with E-state index in [2.05, 4.69) is 5.10 Å². The molecule has 1 atom stereocenters. The molecule has 0 aliphatic carbocycles. The van der Waals surface area contributed by atoms with E-state index in [1.807, 2.05) is 0 Å². The normalized spacial score (nSPS) is 20.8. The minimum absolute atomic E-state index is 0.0204. The van der Waals surface area contributed by atoms with Gasteiger partial charge in [-0.3, -0.25) is 9.48 Å². The van der Waals surface area contributed by atoms with E-state index >= 15 is 0 Å². The zero-order chi connectivity index (χ0) is 14.0. The lowest BCUT2D eigenvalue weighted by atomic mass is 10.3. The van der Waals surface area contributed by atoms with Gasteiger partial charge in [-0.2, -0.15) is 9.40 Å². The second-order valence-electron chi connectivity index (χ2n) is 4.39. The molecule has 2 rings (SSSR count). The van der Waals surface area contributed by atoms with Crippen LogP contribution in [0.5, 0.6) is 0 Å². The van der Waals surface area contributed by atoms with Crippen molar-refractivity contribution in [3.63, 3.8) is 0 Å². The molecule has 1 aromatic heterocycles. The first-order valence-corrected chi connectivity index (χ1v) is 7.26. The van der Waals surface area contributed by atoms with Crippen LogP contribution in [0.4, 0.5) is 0 Å². The zero-order valence-corrected chi connectivity index (χ0v) is 11.0. The number of aliphatic carboxylic acids is 1. The molecule has 0 radical (unpaired) electrons. The summed E-state index contributed by atoms with van der Waals surface area (Å²) in [5.74, 6) is -0.970. The molecule has 106 valence electrons. The average molecular weight is 289 g/mol. The molecule has 1 saturated heterocycles. The Balaban J connectivity index is 2.11. The number of carbonyl (C=O) groups is 1. The fourth-order valence-electron chi connectivity index (χ4n) is 1.89. The number of sulfonamides is 1. The van der Waals surface area contributed by atoms with E-state index in [1.165, 1.54) is 21.4 Å². The van der Waals surface area contributed by atoms with Gasteiger partial charge in [-0.05, 0) is 6.42 Å². The van der Waals surface area contributed by atoms with Gasteiger partial charge in [-0.25, -0.2) is 8.42 Å². The molecule has 19 heavy (non-hydrogen) atoms. The van der Waals surface area contributed by atoms with E-state index in [4.69, 9.17) is 5.11 Å². The summed E-state index contributed by atoms with van der Waals surface area (Å²) < 4.78 is 26.8. The standard InChI is InChI=1S/C10H15N3O5S/c14-8-1-4-13(6-8)19(17,18)9-5-11-12(7-9)3-2-10(15)16/h5,7-8,14H,1-4,6H2,(H,15,16)/t8-/m1/s1. The maximum Gasteiger partial charge on any atom is 0.305 e. The molecule has 2 N–H and O–H groups in total. The van der Waals surface area contributed by atoms with Gasteiger partial charge < -0.3 is 10.2 Å². The first-order valence-electron chi connectivity index (χ1n) is 5.82. The first-order chi connectivity index (χ1) is 8.89. The van der Waals surface area contributed by atoms with Crippen LogP contribution in [0.1, 0.15) is 12.8 Å². The van der Waals surface area contributed by atoms with Crippen LogP contribution in [0.3, 0.4) is 0 Å². The van der Waals surface area contributed by atoms with Crippen LogP contribution in [0.2, 0.25) is 0 Å². The van der Waals surface area contributed by atoms with Crippen LogP contribution in [0.25, 0.3) is 0 Å². The number of aliphatic hydroxyl groups is 1. The second kappa shape index (κ2) is 5.27. The molecule has 9 heteroatoms. The highest BCUT2D eigenvalue weighted by molar-refractivity contribution is 7.89. The van der Waals surface area contributed by atoms with E-state index in [1.54, 1.807) is 0 Å². The van der Waals surface area contributed by atoms with E-state index < -0.39 is 22.1 Å². The Morgan fingerprint density at radius 2 is 2.26 bits per heavy atom. The highest BCUT2D eigenvalue weighted by atomic mass is 32.2. The fourth-order valence-corrected chi connectivity index (χ4v) is 3.34. The lowest BCUT2D eigenvalue weighted by Crippen LogP contribution is -2.29. The van der Waals surface area contributed by atoms with Gasteiger partial charge in [0.2, 0.25) is 10.0 Å². The van der Waals surface area contributed by atoms with Crippen LogP contribution in [-0.2, 0) is 21.4 Å². The highest BCUT2D eigenvalue weighted by Crippen LogP contribution is 2.20. The average Bonchev–Trinajstić information content (AvgIpc) is 2.95. The van der Waals surface area contributed by atoms with Crippen LogP contribution in [-0.4, -0.2) is 57.9 Å². The maximum absolute atomic E-state index is 12.2. The lowest BCUT2D eigenvalue weighted by Gasteiger charge is -2.13. The van der Waals surface area contributed by atoms with E-state index in [0.717, 1.165) is 0 Å². The summed E-state index contributed by atoms with van der Waals surface area (Å²) in [4.78, 5) is 10.4. The number of aromatic nitrogens is 2. The Kier molecular flexibility index (Phi) is 3.88. The van der Waals surface area contributed by atoms with Crippen LogP contribution in [0, 0.1) is 0 Å². The minimum atomic E-state index is -3.65. The Bertz CT molecular complexity index is 567. The number of rotatable bonds is 5. The van der Waals surface area contributed by atoms with Gasteiger partial charge in [0.15, 0.2) is 0 Å². The molecule has 0 aromatic carbocycles. The molecule has 8 nitrogen and oxygen atoms in total. The fraction of sp³-hybridized carbons (Fsp3) is 0.600. The minimum Gasteiger partial charge on any atom is -0.481 e. The largest absolute Gasteiger partial charge is 0.481 e. The topological polar surface area (TPSA) is 113 Å². The Morgan fingerprint density at radius 1 is 1.53 bits per heavy atom. The second-order valence-corrected chi connectivity index (χ2v) is 6.33. The summed E-state index contributed by atoms with van der Waals surface area (Å²) in [6, 6.07) is 0. The predicted octanol–water partition coefficient (Wildman–Crippen LogP) is -0.887. The number of aliphatic hydroxyl groups excluding tert-OH is 1. The molecule has 1 fully saturated rings. The van der Waals surface area contributed by atoms with E-state index in [0.29, 0.717) is 6.42 Å². The summed E-state index contributed by atoms with van der Waals surface area (Å²) in [6.07, 6.45) is 2.18.